The second-order valence-electron chi connectivity index (χ2n) is 5.83. The highest BCUT2D eigenvalue weighted by Gasteiger charge is 2.07. The average Bonchev–Trinajstić information content (AvgIpc) is 2.57. The summed E-state index contributed by atoms with van der Waals surface area (Å²) in [6.07, 6.45) is 0. The van der Waals surface area contributed by atoms with E-state index in [1.165, 1.54) is 5.56 Å². The maximum absolute atomic E-state index is 11.5. The van der Waals surface area contributed by atoms with Crippen LogP contribution < -0.4 is 4.74 Å². The van der Waals surface area contributed by atoms with E-state index in [1.807, 2.05) is 74.5 Å². The van der Waals surface area contributed by atoms with E-state index in [0.29, 0.717) is 5.56 Å². The molecule has 3 nitrogen and oxygen atoms in total. The minimum absolute atomic E-state index is 0.0356. The molecule has 2 aromatic carbocycles. The lowest BCUT2D eigenvalue weighted by Crippen LogP contribution is -1.99. The van der Waals surface area contributed by atoms with Gasteiger partial charge in [-0.1, -0.05) is 17.7 Å². The molecule has 0 N–H and O–H groups in total. The van der Waals surface area contributed by atoms with E-state index in [1.54, 1.807) is 6.92 Å². The van der Waals surface area contributed by atoms with Crippen molar-refractivity contribution in [2.45, 2.75) is 20.8 Å². The lowest BCUT2D eigenvalue weighted by molar-refractivity contribution is 0.101. The molecule has 0 atom stereocenters. The van der Waals surface area contributed by atoms with Crippen LogP contribution in [-0.4, -0.2) is 10.8 Å². The van der Waals surface area contributed by atoms with Crippen molar-refractivity contribution in [2.24, 2.45) is 0 Å². The Morgan fingerprint density at radius 3 is 1.96 bits per heavy atom. The van der Waals surface area contributed by atoms with Gasteiger partial charge in [-0.25, -0.2) is 0 Å². The van der Waals surface area contributed by atoms with Gasteiger partial charge in [-0.2, -0.15) is 0 Å². The van der Waals surface area contributed by atoms with Crippen LogP contribution in [0.2, 0.25) is 0 Å². The Kier molecular flexibility index (Phi) is 4.43. The number of pyridine rings is 1. The molecule has 1 aromatic heterocycles. The number of aryl methyl sites for hydroxylation is 2. The standard InChI is InChI=1S/C21H19NO2/c1-14-4-8-18(9-5-14)24-19-10-6-17(7-11-19)21-13-12-20(16(3)23)15(2)22-21/h4-13H,1-3H3. The van der Waals surface area contributed by atoms with Gasteiger partial charge in [-0.3, -0.25) is 9.78 Å². The number of carbonyl (C=O) groups is 1. The molecule has 0 unspecified atom stereocenters. The lowest BCUT2D eigenvalue weighted by Gasteiger charge is -2.08. The van der Waals surface area contributed by atoms with E-state index in [-0.39, 0.29) is 5.78 Å². The highest BCUT2D eigenvalue weighted by atomic mass is 16.5. The second kappa shape index (κ2) is 6.67. The second-order valence-corrected chi connectivity index (χ2v) is 5.83. The monoisotopic (exact) mass is 317 g/mol. The van der Waals surface area contributed by atoms with Crippen LogP contribution in [0.25, 0.3) is 11.3 Å². The van der Waals surface area contributed by atoms with Crippen LogP contribution in [0.4, 0.5) is 0 Å². The van der Waals surface area contributed by atoms with Gasteiger partial charge >= 0.3 is 0 Å². The zero-order valence-corrected chi connectivity index (χ0v) is 14.0. The Hall–Kier alpha value is -2.94. The zero-order valence-electron chi connectivity index (χ0n) is 14.0. The first kappa shape index (κ1) is 15.9. The predicted octanol–water partition coefficient (Wildman–Crippen LogP) is 5.36. The molecule has 0 fully saturated rings. The lowest BCUT2D eigenvalue weighted by atomic mass is 10.1. The van der Waals surface area contributed by atoms with Gasteiger partial charge in [0.1, 0.15) is 11.5 Å². The number of carbonyl (C=O) groups excluding carboxylic acids is 1. The van der Waals surface area contributed by atoms with E-state index in [9.17, 15) is 4.79 Å². The van der Waals surface area contributed by atoms with E-state index in [4.69, 9.17) is 4.74 Å². The third-order valence-electron chi connectivity index (χ3n) is 3.87. The topological polar surface area (TPSA) is 39.2 Å². The van der Waals surface area contributed by atoms with Crippen LogP contribution in [0.5, 0.6) is 11.5 Å². The molecule has 0 aliphatic carbocycles. The molecule has 1 heterocycles. The van der Waals surface area contributed by atoms with Crippen molar-refractivity contribution in [3.05, 3.63) is 77.5 Å². The molecule has 3 rings (SSSR count). The summed E-state index contributed by atoms with van der Waals surface area (Å²) in [6.45, 7) is 5.46. The molecule has 120 valence electrons. The highest BCUT2D eigenvalue weighted by Crippen LogP contribution is 2.25. The Morgan fingerprint density at radius 2 is 1.42 bits per heavy atom. The maximum Gasteiger partial charge on any atom is 0.161 e. The van der Waals surface area contributed by atoms with Crippen LogP contribution in [0, 0.1) is 13.8 Å². The summed E-state index contributed by atoms with van der Waals surface area (Å²) in [5.74, 6) is 1.63. The third-order valence-corrected chi connectivity index (χ3v) is 3.87. The number of aromatic nitrogens is 1. The number of hydrogen-bond donors (Lipinski definition) is 0. The number of hydrogen-bond acceptors (Lipinski definition) is 3. The molecule has 3 heteroatoms. The summed E-state index contributed by atoms with van der Waals surface area (Å²) in [4.78, 5) is 16.0. The molecule has 0 bridgehead atoms. The summed E-state index contributed by atoms with van der Waals surface area (Å²) in [5.41, 5.74) is 4.45. The highest BCUT2D eigenvalue weighted by molar-refractivity contribution is 5.95. The molecular weight excluding hydrogens is 298 g/mol. The van der Waals surface area contributed by atoms with Gasteiger partial charge in [-0.15, -0.1) is 0 Å². The van der Waals surface area contributed by atoms with Crippen LogP contribution >= 0.6 is 0 Å². The van der Waals surface area contributed by atoms with E-state index in [2.05, 4.69) is 4.98 Å². The number of Topliss-reactive ketones (excluding diaryl/α,β-unsaturated/α-hetero) is 1. The number of ketones is 1. The van der Waals surface area contributed by atoms with Crippen LogP contribution in [0.3, 0.4) is 0 Å². The normalized spacial score (nSPS) is 10.5. The van der Waals surface area contributed by atoms with Gasteiger partial charge < -0.3 is 4.74 Å². The number of rotatable bonds is 4. The number of ether oxygens (including phenoxy) is 1. The van der Waals surface area contributed by atoms with Crippen molar-refractivity contribution in [1.29, 1.82) is 0 Å². The van der Waals surface area contributed by atoms with Gasteiger partial charge in [0, 0.05) is 16.8 Å². The molecule has 0 saturated carbocycles. The SMILES string of the molecule is CC(=O)c1ccc(-c2ccc(Oc3ccc(C)cc3)cc2)nc1C. The smallest absolute Gasteiger partial charge is 0.161 e. The number of nitrogens with zero attached hydrogens (tertiary/aromatic N) is 1. The zero-order chi connectivity index (χ0) is 17.1. The predicted molar refractivity (Wildman–Crippen MR) is 95.7 cm³/mol. The van der Waals surface area contributed by atoms with Crippen molar-refractivity contribution < 1.29 is 9.53 Å². The first-order valence-corrected chi connectivity index (χ1v) is 7.86. The average molecular weight is 317 g/mol. The Labute approximate surface area is 142 Å². The van der Waals surface area contributed by atoms with E-state index in [0.717, 1.165) is 28.5 Å². The van der Waals surface area contributed by atoms with Crippen molar-refractivity contribution in [2.75, 3.05) is 0 Å². The quantitative estimate of drug-likeness (QED) is 0.608. The Bertz CT molecular complexity index is 865. The number of benzene rings is 2. The molecule has 0 spiro atoms. The molecule has 0 aliphatic rings. The third kappa shape index (κ3) is 3.51. The summed E-state index contributed by atoms with van der Waals surface area (Å²) in [5, 5.41) is 0. The molecule has 0 radical (unpaired) electrons. The van der Waals surface area contributed by atoms with Crippen LogP contribution in [0.1, 0.15) is 28.5 Å². The van der Waals surface area contributed by atoms with Gasteiger partial charge in [0.15, 0.2) is 5.78 Å². The van der Waals surface area contributed by atoms with Gasteiger partial charge in [0.05, 0.1) is 5.69 Å². The fourth-order valence-electron chi connectivity index (χ4n) is 2.53. The van der Waals surface area contributed by atoms with Crippen LogP contribution in [0.15, 0.2) is 60.7 Å². The van der Waals surface area contributed by atoms with Crippen molar-refractivity contribution >= 4 is 5.78 Å². The Morgan fingerprint density at radius 1 is 0.833 bits per heavy atom. The molecular formula is C21H19NO2. The summed E-state index contributed by atoms with van der Waals surface area (Å²) >= 11 is 0. The van der Waals surface area contributed by atoms with Gasteiger partial charge in [-0.05, 0) is 69.3 Å². The summed E-state index contributed by atoms with van der Waals surface area (Å²) in [6, 6.07) is 19.4. The first-order chi connectivity index (χ1) is 11.5. The van der Waals surface area contributed by atoms with Gasteiger partial charge in [0.2, 0.25) is 0 Å². The van der Waals surface area contributed by atoms with E-state index >= 15 is 0 Å². The summed E-state index contributed by atoms with van der Waals surface area (Å²) in [7, 11) is 0. The van der Waals surface area contributed by atoms with Crippen molar-refractivity contribution in [3.8, 4) is 22.8 Å². The fraction of sp³-hybridized carbons (Fsp3) is 0.143. The molecule has 3 aromatic rings. The molecule has 24 heavy (non-hydrogen) atoms. The van der Waals surface area contributed by atoms with Crippen LogP contribution in [-0.2, 0) is 0 Å². The minimum atomic E-state index is 0.0356. The Balaban J connectivity index is 1.80. The van der Waals surface area contributed by atoms with Crippen molar-refractivity contribution in [1.82, 2.24) is 4.98 Å². The summed E-state index contributed by atoms with van der Waals surface area (Å²) < 4.78 is 5.83. The van der Waals surface area contributed by atoms with Crippen molar-refractivity contribution in [3.63, 3.8) is 0 Å². The molecule has 0 saturated heterocycles. The van der Waals surface area contributed by atoms with E-state index < -0.39 is 0 Å². The largest absolute Gasteiger partial charge is 0.457 e. The molecule has 0 amide bonds. The molecule has 0 aliphatic heterocycles. The fourth-order valence-corrected chi connectivity index (χ4v) is 2.53. The minimum Gasteiger partial charge on any atom is -0.457 e. The first-order valence-electron chi connectivity index (χ1n) is 7.86. The van der Waals surface area contributed by atoms with Gasteiger partial charge in [0.25, 0.3) is 0 Å². The maximum atomic E-state index is 11.5.